The zero-order chi connectivity index (χ0) is 14.3. The van der Waals surface area contributed by atoms with Gasteiger partial charge in [-0.3, -0.25) is 14.5 Å². The van der Waals surface area contributed by atoms with Gasteiger partial charge in [0, 0.05) is 23.9 Å². The zero-order valence-corrected chi connectivity index (χ0v) is 11.3. The number of nitro benzene ring substituents is 1. The molecule has 0 saturated heterocycles. The van der Waals surface area contributed by atoms with Gasteiger partial charge in [-0.2, -0.15) is 0 Å². The summed E-state index contributed by atoms with van der Waals surface area (Å²) in [6.45, 7) is 1.97. The van der Waals surface area contributed by atoms with E-state index in [9.17, 15) is 10.1 Å². The number of non-ortho nitro benzene ring substituents is 1. The summed E-state index contributed by atoms with van der Waals surface area (Å²) < 4.78 is 1.75. The van der Waals surface area contributed by atoms with Gasteiger partial charge >= 0.3 is 0 Å². The molecule has 0 radical (unpaired) electrons. The van der Waals surface area contributed by atoms with Crippen molar-refractivity contribution in [2.45, 2.75) is 6.92 Å². The minimum absolute atomic E-state index is 0.0202. The lowest BCUT2D eigenvalue weighted by Crippen LogP contribution is -1.88. The SMILES string of the molecule is Cc1ccn2c(Cl)c(-c3cccc([N+](=O)[O-])c3)nc2c1. The van der Waals surface area contributed by atoms with Crippen molar-refractivity contribution >= 4 is 22.9 Å². The topological polar surface area (TPSA) is 60.4 Å². The van der Waals surface area contributed by atoms with Crippen LogP contribution in [0, 0.1) is 17.0 Å². The molecule has 0 unspecified atom stereocenters. The van der Waals surface area contributed by atoms with Gasteiger partial charge in [-0.25, -0.2) is 4.98 Å². The Morgan fingerprint density at radius 1 is 1.30 bits per heavy atom. The molecule has 2 heterocycles. The fourth-order valence-electron chi connectivity index (χ4n) is 2.07. The summed E-state index contributed by atoms with van der Waals surface area (Å²) in [5.41, 5.74) is 2.99. The standard InChI is InChI=1S/C14H10ClN3O2/c1-9-5-6-17-12(7-9)16-13(14(17)15)10-3-2-4-11(8-10)18(19)20/h2-8H,1H3. The van der Waals surface area contributed by atoms with E-state index in [2.05, 4.69) is 4.98 Å². The van der Waals surface area contributed by atoms with E-state index >= 15 is 0 Å². The number of halogens is 1. The second-order valence-corrected chi connectivity index (χ2v) is 4.85. The summed E-state index contributed by atoms with van der Waals surface area (Å²) in [6.07, 6.45) is 1.83. The summed E-state index contributed by atoms with van der Waals surface area (Å²) in [5.74, 6) is 0. The minimum Gasteiger partial charge on any atom is -0.290 e. The Morgan fingerprint density at radius 3 is 2.85 bits per heavy atom. The monoisotopic (exact) mass is 287 g/mol. The Kier molecular flexibility index (Phi) is 2.91. The third-order valence-electron chi connectivity index (χ3n) is 3.05. The van der Waals surface area contributed by atoms with Crippen molar-refractivity contribution in [1.29, 1.82) is 0 Å². The fourth-order valence-corrected chi connectivity index (χ4v) is 2.36. The van der Waals surface area contributed by atoms with Crippen molar-refractivity contribution in [3.63, 3.8) is 0 Å². The molecule has 100 valence electrons. The maximum Gasteiger partial charge on any atom is 0.270 e. The van der Waals surface area contributed by atoms with Crippen LogP contribution in [0.5, 0.6) is 0 Å². The van der Waals surface area contributed by atoms with E-state index in [0.29, 0.717) is 16.4 Å². The second kappa shape index (κ2) is 4.61. The van der Waals surface area contributed by atoms with Crippen LogP contribution in [0.25, 0.3) is 16.9 Å². The highest BCUT2D eigenvalue weighted by molar-refractivity contribution is 6.32. The number of benzene rings is 1. The van der Waals surface area contributed by atoms with Gasteiger partial charge < -0.3 is 0 Å². The average molecular weight is 288 g/mol. The zero-order valence-electron chi connectivity index (χ0n) is 10.6. The maximum atomic E-state index is 10.8. The highest BCUT2D eigenvalue weighted by Gasteiger charge is 2.14. The molecule has 0 fully saturated rings. The second-order valence-electron chi connectivity index (χ2n) is 4.49. The molecule has 0 saturated carbocycles. The molecule has 3 rings (SSSR count). The molecule has 0 aliphatic carbocycles. The van der Waals surface area contributed by atoms with Gasteiger partial charge in [0.2, 0.25) is 0 Å². The van der Waals surface area contributed by atoms with Crippen LogP contribution in [0.2, 0.25) is 5.15 Å². The molecule has 0 amide bonds. The Bertz CT molecular complexity index is 826. The Hall–Kier alpha value is -2.40. The molecule has 5 nitrogen and oxygen atoms in total. The molecule has 0 bridgehead atoms. The Balaban J connectivity index is 2.21. The molecule has 3 aromatic rings. The van der Waals surface area contributed by atoms with Crippen molar-refractivity contribution in [2.75, 3.05) is 0 Å². The lowest BCUT2D eigenvalue weighted by Gasteiger charge is -1.98. The third-order valence-corrected chi connectivity index (χ3v) is 3.41. The van der Waals surface area contributed by atoms with Crippen LogP contribution in [-0.4, -0.2) is 14.3 Å². The highest BCUT2D eigenvalue weighted by Crippen LogP contribution is 2.30. The van der Waals surface area contributed by atoms with E-state index < -0.39 is 4.92 Å². The van der Waals surface area contributed by atoms with E-state index in [1.807, 2.05) is 25.3 Å². The first-order valence-electron chi connectivity index (χ1n) is 5.95. The number of hydrogen-bond donors (Lipinski definition) is 0. The smallest absolute Gasteiger partial charge is 0.270 e. The van der Waals surface area contributed by atoms with Crippen LogP contribution in [0.1, 0.15) is 5.56 Å². The fraction of sp³-hybridized carbons (Fsp3) is 0.0714. The molecule has 2 aromatic heterocycles. The van der Waals surface area contributed by atoms with Crippen LogP contribution in [0.4, 0.5) is 5.69 Å². The number of rotatable bonds is 2. The maximum absolute atomic E-state index is 10.8. The van der Waals surface area contributed by atoms with Gasteiger partial charge in [0.05, 0.1) is 4.92 Å². The first-order chi connectivity index (χ1) is 9.56. The van der Waals surface area contributed by atoms with Crippen molar-refractivity contribution in [3.8, 4) is 11.3 Å². The van der Waals surface area contributed by atoms with Gasteiger partial charge in [0.25, 0.3) is 5.69 Å². The average Bonchev–Trinajstić information content (AvgIpc) is 2.75. The number of aromatic nitrogens is 2. The molecular formula is C14H10ClN3O2. The lowest BCUT2D eigenvalue weighted by atomic mass is 10.1. The minimum atomic E-state index is -0.433. The van der Waals surface area contributed by atoms with Crippen LogP contribution in [-0.2, 0) is 0 Å². The highest BCUT2D eigenvalue weighted by atomic mass is 35.5. The van der Waals surface area contributed by atoms with E-state index in [-0.39, 0.29) is 5.69 Å². The van der Waals surface area contributed by atoms with Crippen LogP contribution < -0.4 is 0 Å². The first kappa shape index (κ1) is 12.6. The number of nitrogens with zero attached hydrogens (tertiary/aromatic N) is 3. The van der Waals surface area contributed by atoms with Gasteiger partial charge in [0.1, 0.15) is 16.5 Å². The molecular weight excluding hydrogens is 278 g/mol. The summed E-state index contributed by atoms with van der Waals surface area (Å²) in [4.78, 5) is 14.9. The van der Waals surface area contributed by atoms with Crippen molar-refractivity contribution in [3.05, 3.63) is 63.4 Å². The number of fused-ring (bicyclic) bond motifs is 1. The number of aryl methyl sites for hydroxylation is 1. The largest absolute Gasteiger partial charge is 0.290 e. The normalized spacial score (nSPS) is 10.9. The third kappa shape index (κ3) is 2.02. The van der Waals surface area contributed by atoms with E-state index in [4.69, 9.17) is 11.6 Å². The van der Waals surface area contributed by atoms with Gasteiger partial charge in [-0.1, -0.05) is 23.7 Å². The van der Waals surface area contributed by atoms with Gasteiger partial charge in [-0.05, 0) is 24.6 Å². The Labute approximate surface area is 119 Å². The van der Waals surface area contributed by atoms with E-state index in [1.165, 1.54) is 12.1 Å². The molecule has 1 aromatic carbocycles. The summed E-state index contributed by atoms with van der Waals surface area (Å²) in [6, 6.07) is 10.1. The van der Waals surface area contributed by atoms with E-state index in [0.717, 1.165) is 11.2 Å². The molecule has 20 heavy (non-hydrogen) atoms. The van der Waals surface area contributed by atoms with Crippen LogP contribution in [0.3, 0.4) is 0 Å². The quantitative estimate of drug-likeness (QED) is 0.531. The predicted molar refractivity (Wildman–Crippen MR) is 77.0 cm³/mol. The van der Waals surface area contributed by atoms with E-state index in [1.54, 1.807) is 16.5 Å². The first-order valence-corrected chi connectivity index (χ1v) is 6.33. The molecule has 0 N–H and O–H groups in total. The van der Waals surface area contributed by atoms with Gasteiger partial charge in [0.15, 0.2) is 0 Å². The summed E-state index contributed by atoms with van der Waals surface area (Å²) in [5, 5.41) is 11.3. The van der Waals surface area contributed by atoms with Crippen LogP contribution in [0.15, 0.2) is 42.6 Å². The number of nitro groups is 1. The van der Waals surface area contributed by atoms with Crippen molar-refractivity contribution in [2.24, 2.45) is 0 Å². The van der Waals surface area contributed by atoms with Crippen molar-refractivity contribution in [1.82, 2.24) is 9.38 Å². The molecule has 0 aliphatic heterocycles. The molecule has 0 aliphatic rings. The summed E-state index contributed by atoms with van der Waals surface area (Å²) >= 11 is 6.31. The van der Waals surface area contributed by atoms with Crippen molar-refractivity contribution < 1.29 is 4.92 Å². The number of hydrogen-bond acceptors (Lipinski definition) is 3. The predicted octanol–water partition coefficient (Wildman–Crippen LogP) is 3.87. The molecule has 0 atom stereocenters. The van der Waals surface area contributed by atoms with Gasteiger partial charge in [-0.15, -0.1) is 0 Å². The van der Waals surface area contributed by atoms with Crippen LogP contribution >= 0.6 is 11.6 Å². The lowest BCUT2D eigenvalue weighted by molar-refractivity contribution is -0.384. The molecule has 0 spiro atoms. The number of imidazole rings is 1. The molecule has 6 heteroatoms. The Morgan fingerprint density at radius 2 is 2.10 bits per heavy atom. The summed E-state index contributed by atoms with van der Waals surface area (Å²) in [7, 11) is 0. The number of pyridine rings is 1.